The zero-order valence-corrected chi connectivity index (χ0v) is 18.0. The van der Waals surface area contributed by atoms with Gasteiger partial charge in [-0.2, -0.15) is 0 Å². The van der Waals surface area contributed by atoms with Crippen LogP contribution in [-0.2, 0) is 21.3 Å². The Labute approximate surface area is 186 Å². The molecule has 9 heteroatoms. The first-order valence-electron chi connectivity index (χ1n) is 11.5. The number of phenols is 1. The Kier molecular flexibility index (Phi) is 4.79. The van der Waals surface area contributed by atoms with Gasteiger partial charge in [0.15, 0.2) is 17.8 Å². The van der Waals surface area contributed by atoms with Crippen molar-refractivity contribution in [1.29, 1.82) is 0 Å². The van der Waals surface area contributed by atoms with Crippen LogP contribution in [0.5, 0.6) is 11.5 Å². The normalized spacial score (nSPS) is 47.1. The summed E-state index contributed by atoms with van der Waals surface area (Å²) in [6, 6.07) is 4.10. The second-order valence-corrected chi connectivity index (χ2v) is 10.1. The highest BCUT2D eigenvalue weighted by atomic mass is 16.7. The molecule has 2 saturated heterocycles. The molecule has 3 aliphatic heterocycles. The van der Waals surface area contributed by atoms with Crippen LogP contribution in [0, 0.1) is 5.92 Å². The first kappa shape index (κ1) is 21.1. The summed E-state index contributed by atoms with van der Waals surface area (Å²) in [7, 11) is 2.17. The topological polar surface area (TPSA) is 132 Å². The van der Waals surface area contributed by atoms with Crippen molar-refractivity contribution in [3.05, 3.63) is 23.3 Å². The van der Waals surface area contributed by atoms with Crippen molar-refractivity contribution in [2.45, 2.75) is 80.1 Å². The van der Waals surface area contributed by atoms with Crippen LogP contribution in [0.2, 0.25) is 0 Å². The molecule has 1 aromatic carbocycles. The zero-order chi connectivity index (χ0) is 22.4. The van der Waals surface area contributed by atoms with Crippen LogP contribution in [0.4, 0.5) is 0 Å². The van der Waals surface area contributed by atoms with E-state index in [0.29, 0.717) is 24.1 Å². The highest BCUT2D eigenvalue weighted by molar-refractivity contribution is 5.60. The molecular formula is C23H31NO8. The maximum atomic E-state index is 10.6. The molecule has 0 amide bonds. The number of benzene rings is 1. The smallest absolute Gasteiger partial charge is 0.187 e. The molecule has 9 nitrogen and oxygen atoms in total. The second-order valence-electron chi connectivity index (χ2n) is 10.1. The Morgan fingerprint density at radius 1 is 1.16 bits per heavy atom. The molecule has 3 unspecified atom stereocenters. The predicted octanol–water partition coefficient (Wildman–Crippen LogP) is -0.754. The molecule has 176 valence electrons. The van der Waals surface area contributed by atoms with Crippen molar-refractivity contribution in [2.24, 2.45) is 5.92 Å². The Morgan fingerprint density at radius 3 is 2.75 bits per heavy atom. The van der Waals surface area contributed by atoms with E-state index in [1.54, 1.807) is 6.07 Å². The van der Waals surface area contributed by atoms with Crippen molar-refractivity contribution < 1.29 is 39.7 Å². The van der Waals surface area contributed by atoms with Gasteiger partial charge in [-0.3, -0.25) is 0 Å². The number of hydrogen-bond acceptors (Lipinski definition) is 9. The van der Waals surface area contributed by atoms with Crippen LogP contribution in [0.25, 0.3) is 0 Å². The number of hydrogen-bond donors (Lipinski definition) is 5. The fourth-order valence-electron chi connectivity index (χ4n) is 7.18. The molecule has 5 aliphatic rings. The number of likely N-dealkylation sites (N-methyl/N-ethyl adjacent to an activating group) is 1. The van der Waals surface area contributed by atoms with Gasteiger partial charge in [0.05, 0.1) is 12.7 Å². The largest absolute Gasteiger partial charge is 0.504 e. The van der Waals surface area contributed by atoms with Crippen LogP contribution in [0.15, 0.2) is 12.1 Å². The van der Waals surface area contributed by atoms with Crippen LogP contribution >= 0.6 is 0 Å². The van der Waals surface area contributed by atoms with Gasteiger partial charge in [0, 0.05) is 17.0 Å². The second kappa shape index (κ2) is 7.27. The van der Waals surface area contributed by atoms with E-state index in [0.717, 1.165) is 31.4 Å². The highest BCUT2D eigenvalue weighted by Gasteiger charge is 2.66. The maximum absolute atomic E-state index is 10.6. The van der Waals surface area contributed by atoms with E-state index < -0.39 is 43.4 Å². The van der Waals surface area contributed by atoms with Crippen molar-refractivity contribution in [2.75, 3.05) is 20.2 Å². The van der Waals surface area contributed by atoms with Gasteiger partial charge < -0.3 is 44.6 Å². The van der Waals surface area contributed by atoms with Crippen LogP contribution in [0.1, 0.15) is 30.4 Å². The number of likely N-dealkylation sites (tertiary alicyclic amines) is 1. The summed E-state index contributed by atoms with van der Waals surface area (Å²) in [4.78, 5) is 2.43. The number of aliphatic hydroxyl groups excluding tert-OH is 4. The van der Waals surface area contributed by atoms with Crippen LogP contribution < -0.4 is 4.74 Å². The SMILES string of the molecule is CN1CCC23c4c5ccc(O)c4O[C@H]2[C@@H](OC2O[C@H](CO)[C@@H](O)[C@H](O)[C@H]2O)CC[C@H]3C1C5. The van der Waals surface area contributed by atoms with Crippen molar-refractivity contribution in [3.8, 4) is 11.5 Å². The highest BCUT2D eigenvalue weighted by Crippen LogP contribution is 2.64. The molecule has 3 fully saturated rings. The third-order valence-electron chi connectivity index (χ3n) is 8.70. The van der Waals surface area contributed by atoms with E-state index in [9.17, 15) is 25.5 Å². The summed E-state index contributed by atoms with van der Waals surface area (Å²) in [5.74, 6) is 1.05. The predicted molar refractivity (Wildman–Crippen MR) is 110 cm³/mol. The maximum Gasteiger partial charge on any atom is 0.187 e. The summed E-state index contributed by atoms with van der Waals surface area (Å²) >= 11 is 0. The van der Waals surface area contributed by atoms with Gasteiger partial charge in [-0.15, -0.1) is 0 Å². The number of aromatic hydroxyl groups is 1. The standard InChI is InChI=1S/C23H31NO8/c1-24-7-6-23-11-3-5-14(30-22-19(29)18(28)17(27)15(9-25)31-22)21(23)32-20-13(26)4-2-10(16(20)23)8-12(11)24/h2,4,11-12,14-15,17-19,21-22,25-29H,3,5-9H2,1H3/t11-,12?,14-,15+,17+,18-,19+,21-,22?,23?/m0/s1. The Balaban J connectivity index is 1.36. The molecule has 5 N–H and O–H groups in total. The molecule has 1 spiro atoms. The number of phenolic OH excluding ortho intramolecular Hbond substituents is 1. The van der Waals surface area contributed by atoms with Crippen molar-refractivity contribution in [3.63, 3.8) is 0 Å². The fourth-order valence-corrected chi connectivity index (χ4v) is 7.18. The lowest BCUT2D eigenvalue weighted by molar-refractivity contribution is -0.321. The summed E-state index contributed by atoms with van der Waals surface area (Å²) in [6.45, 7) is 0.417. The molecule has 10 atom stereocenters. The minimum Gasteiger partial charge on any atom is -0.504 e. The first-order valence-corrected chi connectivity index (χ1v) is 11.5. The first-order chi connectivity index (χ1) is 15.4. The minimum atomic E-state index is -1.49. The van der Waals surface area contributed by atoms with E-state index in [4.69, 9.17) is 14.2 Å². The van der Waals surface area contributed by atoms with Gasteiger partial charge in [0.2, 0.25) is 0 Å². The molecule has 1 saturated carbocycles. The monoisotopic (exact) mass is 449 g/mol. The minimum absolute atomic E-state index is 0.134. The van der Waals surface area contributed by atoms with E-state index in [1.165, 1.54) is 5.56 Å². The Morgan fingerprint density at radius 2 is 1.97 bits per heavy atom. The van der Waals surface area contributed by atoms with Crippen molar-refractivity contribution in [1.82, 2.24) is 4.90 Å². The van der Waals surface area contributed by atoms with Crippen molar-refractivity contribution >= 4 is 0 Å². The number of rotatable bonds is 3. The van der Waals surface area contributed by atoms with Gasteiger partial charge in [0.1, 0.15) is 30.5 Å². The van der Waals surface area contributed by atoms with Gasteiger partial charge >= 0.3 is 0 Å². The summed E-state index contributed by atoms with van der Waals surface area (Å²) in [6.07, 6.45) is -3.97. The zero-order valence-electron chi connectivity index (χ0n) is 18.0. The summed E-state index contributed by atoms with van der Waals surface area (Å²) in [5, 5.41) is 50.9. The van der Waals surface area contributed by atoms with Gasteiger partial charge in [0.25, 0.3) is 0 Å². The number of nitrogens with zero attached hydrogens (tertiary/aromatic N) is 1. The molecule has 2 bridgehead atoms. The molecule has 1 aromatic rings. The quantitative estimate of drug-likeness (QED) is 0.404. The average molecular weight is 450 g/mol. The van der Waals surface area contributed by atoms with E-state index in [-0.39, 0.29) is 17.3 Å². The molecule has 3 heterocycles. The lowest BCUT2D eigenvalue weighted by Gasteiger charge is -2.59. The number of piperidine rings is 1. The summed E-state index contributed by atoms with van der Waals surface area (Å²) < 4.78 is 18.3. The van der Waals surface area contributed by atoms with E-state index in [1.807, 2.05) is 6.07 Å². The van der Waals surface area contributed by atoms with Gasteiger partial charge in [-0.25, -0.2) is 0 Å². The van der Waals surface area contributed by atoms with Crippen LogP contribution in [-0.4, -0.2) is 99.6 Å². The van der Waals surface area contributed by atoms with Crippen LogP contribution in [0.3, 0.4) is 0 Å². The summed E-state index contributed by atoms with van der Waals surface area (Å²) in [5.41, 5.74) is 2.04. The van der Waals surface area contributed by atoms with E-state index >= 15 is 0 Å². The third-order valence-corrected chi connectivity index (χ3v) is 8.70. The lowest BCUT2D eigenvalue weighted by Crippen LogP contribution is -2.67. The number of ether oxygens (including phenoxy) is 3. The van der Waals surface area contributed by atoms with Gasteiger partial charge in [-0.1, -0.05) is 6.07 Å². The van der Waals surface area contributed by atoms with E-state index in [2.05, 4.69) is 11.9 Å². The molecule has 2 aliphatic carbocycles. The Bertz CT molecular complexity index is 910. The fraction of sp³-hybridized carbons (Fsp3) is 0.739. The molecule has 0 radical (unpaired) electrons. The lowest BCUT2D eigenvalue weighted by atomic mass is 9.51. The third kappa shape index (κ3) is 2.64. The number of aliphatic hydroxyl groups is 4. The molecule has 0 aromatic heterocycles. The molecular weight excluding hydrogens is 418 g/mol. The average Bonchev–Trinajstić information content (AvgIpc) is 3.14. The Hall–Kier alpha value is -1.46. The van der Waals surface area contributed by atoms with Gasteiger partial charge in [-0.05, 0) is 56.8 Å². The molecule has 6 rings (SSSR count). The molecule has 32 heavy (non-hydrogen) atoms.